The first-order valence-electron chi connectivity index (χ1n) is 4.53. The fourth-order valence-electron chi connectivity index (χ4n) is 1.61. The molecule has 15 heavy (non-hydrogen) atoms. The van der Waals surface area contributed by atoms with Crippen molar-refractivity contribution in [1.82, 2.24) is 0 Å². The molecule has 0 heterocycles. The van der Waals surface area contributed by atoms with Crippen LogP contribution in [0.25, 0.3) is 0 Å². The number of ether oxygens (including phenoxy) is 1. The maximum atomic E-state index is 12.8. The molecule has 0 saturated heterocycles. The first-order chi connectivity index (χ1) is 6.62. The molecule has 0 spiro atoms. The van der Waals surface area contributed by atoms with Gasteiger partial charge in [-0.1, -0.05) is 0 Å². The summed E-state index contributed by atoms with van der Waals surface area (Å²) in [4.78, 5) is 10.6. The molecule has 0 atom stereocenters. The molecular formula is C9H15F3O2S. The number of rotatable bonds is 3. The third-order valence-electron chi connectivity index (χ3n) is 2.84. The minimum atomic E-state index is -4.17. The van der Waals surface area contributed by atoms with E-state index < -0.39 is 26.9 Å². The molecule has 1 rings (SSSR count). The number of alkyl halides is 3. The molecule has 0 bridgehead atoms. The quantitative estimate of drug-likeness (QED) is 0.713. The highest BCUT2D eigenvalue weighted by molar-refractivity contribution is 8.33. The summed E-state index contributed by atoms with van der Waals surface area (Å²) in [5.41, 5.74) is 0. The van der Waals surface area contributed by atoms with Gasteiger partial charge in [0.15, 0.2) is 0 Å². The Kier molecular flexibility index (Phi) is 3.02. The fourth-order valence-corrected chi connectivity index (χ4v) is 4.13. The van der Waals surface area contributed by atoms with E-state index in [1.54, 1.807) is 12.5 Å². The topological polar surface area (TPSA) is 26.3 Å². The van der Waals surface area contributed by atoms with Crippen molar-refractivity contribution in [2.75, 3.05) is 18.5 Å². The molecule has 6 heteroatoms. The number of esters is 1. The molecule has 0 unspecified atom stereocenters. The van der Waals surface area contributed by atoms with Crippen LogP contribution in [-0.2, 0) is 9.53 Å². The van der Waals surface area contributed by atoms with E-state index in [1.807, 2.05) is 0 Å². The number of carbonyl (C=O) groups excluding carboxylic acids is 1. The third-order valence-corrected chi connectivity index (χ3v) is 6.30. The van der Waals surface area contributed by atoms with Crippen LogP contribution in [0.5, 0.6) is 0 Å². The lowest BCUT2D eigenvalue weighted by molar-refractivity contribution is -0.141. The summed E-state index contributed by atoms with van der Waals surface area (Å²) in [6, 6.07) is 0. The molecule has 90 valence electrons. The van der Waals surface area contributed by atoms with Gasteiger partial charge in [-0.2, -0.15) is 23.2 Å². The minimum absolute atomic E-state index is 0.0954. The first kappa shape index (κ1) is 12.7. The van der Waals surface area contributed by atoms with Gasteiger partial charge in [-0.3, -0.25) is 4.79 Å². The van der Waals surface area contributed by atoms with E-state index in [2.05, 4.69) is 0 Å². The Labute approximate surface area is 88.5 Å². The summed E-state index contributed by atoms with van der Waals surface area (Å²) in [5.74, 6) is -0.615. The van der Waals surface area contributed by atoms with Crippen molar-refractivity contribution in [3.8, 4) is 0 Å². The lowest BCUT2D eigenvalue weighted by Crippen LogP contribution is -2.37. The van der Waals surface area contributed by atoms with Crippen molar-refractivity contribution >= 4 is 16.0 Å². The van der Waals surface area contributed by atoms with Crippen molar-refractivity contribution in [2.24, 2.45) is 0 Å². The van der Waals surface area contributed by atoms with Gasteiger partial charge in [-0.25, -0.2) is 0 Å². The lowest BCUT2D eigenvalue weighted by atomic mass is 10.4. The van der Waals surface area contributed by atoms with Crippen LogP contribution in [-0.4, -0.2) is 35.3 Å². The molecule has 0 aromatic carbocycles. The second kappa shape index (κ2) is 3.57. The molecule has 0 aromatic heterocycles. The van der Waals surface area contributed by atoms with E-state index in [4.69, 9.17) is 4.74 Å². The molecule has 0 aromatic rings. The molecule has 2 nitrogen and oxygen atoms in total. The molecule has 1 aliphatic carbocycles. The van der Waals surface area contributed by atoms with Crippen molar-refractivity contribution in [2.45, 2.75) is 30.7 Å². The minimum Gasteiger partial charge on any atom is -0.456 e. The summed E-state index contributed by atoms with van der Waals surface area (Å²) in [5, 5.41) is 0. The number of hydrogen-bond donors (Lipinski definition) is 0. The van der Waals surface area contributed by atoms with E-state index >= 15 is 0 Å². The van der Waals surface area contributed by atoms with Crippen LogP contribution in [0.1, 0.15) is 19.8 Å². The van der Waals surface area contributed by atoms with Crippen LogP contribution in [0, 0.1) is 0 Å². The van der Waals surface area contributed by atoms with Crippen molar-refractivity contribution in [3.63, 3.8) is 0 Å². The van der Waals surface area contributed by atoms with Gasteiger partial charge >= 0.3 is 12.1 Å². The van der Waals surface area contributed by atoms with E-state index in [-0.39, 0.29) is 18.8 Å². The van der Waals surface area contributed by atoms with Crippen LogP contribution in [0.15, 0.2) is 0 Å². The molecule has 0 radical (unpaired) electrons. The Balaban J connectivity index is 2.73. The Morgan fingerprint density at radius 1 is 1.40 bits per heavy atom. The monoisotopic (exact) mass is 244 g/mol. The summed E-state index contributed by atoms with van der Waals surface area (Å²) < 4.78 is 41.5. The zero-order valence-corrected chi connectivity index (χ0v) is 9.80. The van der Waals surface area contributed by atoms with Gasteiger partial charge < -0.3 is 4.74 Å². The number of halogens is 3. The van der Waals surface area contributed by atoms with E-state index in [9.17, 15) is 18.0 Å². The second-order valence-electron chi connectivity index (χ2n) is 4.28. The Morgan fingerprint density at radius 2 is 1.87 bits per heavy atom. The maximum absolute atomic E-state index is 12.8. The average Bonchev–Trinajstić information content (AvgIpc) is 2.78. The largest absolute Gasteiger partial charge is 0.456 e. The number of hydrogen-bond acceptors (Lipinski definition) is 2. The third kappa shape index (κ3) is 2.24. The van der Waals surface area contributed by atoms with Crippen molar-refractivity contribution in [1.29, 1.82) is 0 Å². The normalized spacial score (nSPS) is 20.9. The molecule has 1 saturated carbocycles. The lowest BCUT2D eigenvalue weighted by Gasteiger charge is -2.40. The zero-order chi connectivity index (χ0) is 11.9. The SMILES string of the molecule is CC(=O)OCS(C)(C)C1(C(F)(F)F)CC1. The highest BCUT2D eigenvalue weighted by atomic mass is 32.3. The van der Waals surface area contributed by atoms with Crippen molar-refractivity contribution in [3.05, 3.63) is 0 Å². The summed E-state index contributed by atoms with van der Waals surface area (Å²) in [6.45, 7) is 1.21. The van der Waals surface area contributed by atoms with Crippen LogP contribution >= 0.6 is 10.0 Å². The fraction of sp³-hybridized carbons (Fsp3) is 0.889. The maximum Gasteiger partial charge on any atom is 0.401 e. The Morgan fingerprint density at radius 3 is 2.13 bits per heavy atom. The highest BCUT2D eigenvalue weighted by Gasteiger charge is 2.69. The van der Waals surface area contributed by atoms with Crippen molar-refractivity contribution < 1.29 is 22.7 Å². The Bertz CT molecular complexity index is 269. The van der Waals surface area contributed by atoms with Gasteiger partial charge in [-0.05, 0) is 25.4 Å². The summed E-state index contributed by atoms with van der Waals surface area (Å²) in [6.07, 6.45) is -0.682. The second-order valence-corrected chi connectivity index (χ2v) is 8.38. The van der Waals surface area contributed by atoms with Gasteiger partial charge in [0.2, 0.25) is 0 Å². The van der Waals surface area contributed by atoms with Gasteiger partial charge in [0.05, 0.1) is 4.75 Å². The summed E-state index contributed by atoms with van der Waals surface area (Å²) >= 11 is 0. The van der Waals surface area contributed by atoms with Crippen LogP contribution in [0.4, 0.5) is 13.2 Å². The molecule has 0 amide bonds. The zero-order valence-electron chi connectivity index (χ0n) is 8.98. The standard InChI is InChI=1S/C9H15F3O2S/c1-7(13)14-6-15(2,3)8(4-5-8)9(10,11)12/h4-6H2,1-3H3. The molecule has 1 aliphatic rings. The predicted molar refractivity (Wildman–Crippen MR) is 54.1 cm³/mol. The smallest absolute Gasteiger partial charge is 0.401 e. The van der Waals surface area contributed by atoms with E-state index in [0.29, 0.717) is 0 Å². The van der Waals surface area contributed by atoms with Crippen LogP contribution < -0.4 is 0 Å². The van der Waals surface area contributed by atoms with Gasteiger partial charge in [0.25, 0.3) is 0 Å². The van der Waals surface area contributed by atoms with Gasteiger partial charge in [0, 0.05) is 6.92 Å². The molecular weight excluding hydrogens is 229 g/mol. The van der Waals surface area contributed by atoms with E-state index in [1.165, 1.54) is 6.92 Å². The average molecular weight is 244 g/mol. The molecule has 0 aliphatic heterocycles. The van der Waals surface area contributed by atoms with Gasteiger partial charge in [-0.15, -0.1) is 0 Å². The van der Waals surface area contributed by atoms with Crippen LogP contribution in [0.2, 0.25) is 0 Å². The Hall–Kier alpha value is -0.390. The number of carbonyl (C=O) groups is 1. The highest BCUT2D eigenvalue weighted by Crippen LogP contribution is 2.72. The van der Waals surface area contributed by atoms with E-state index in [0.717, 1.165) is 0 Å². The molecule has 0 N–H and O–H groups in total. The van der Waals surface area contributed by atoms with Crippen LogP contribution in [0.3, 0.4) is 0 Å². The van der Waals surface area contributed by atoms with Gasteiger partial charge in [0.1, 0.15) is 5.94 Å². The first-order valence-corrected chi connectivity index (χ1v) is 7.15. The summed E-state index contributed by atoms with van der Waals surface area (Å²) in [7, 11) is -1.97. The predicted octanol–water partition coefficient (Wildman–Crippen LogP) is 2.67. The molecule has 1 fully saturated rings.